The normalized spacial score (nSPS) is 39.4. The lowest BCUT2D eigenvalue weighted by molar-refractivity contribution is -0.0799. The maximum atomic E-state index is 5.83. The first kappa shape index (κ1) is 12.2. The molecule has 0 bridgehead atoms. The van der Waals surface area contributed by atoms with Gasteiger partial charge < -0.3 is 9.47 Å². The van der Waals surface area contributed by atoms with Crippen LogP contribution in [0.15, 0.2) is 0 Å². The molecule has 0 aromatic rings. The molecule has 0 aliphatic carbocycles. The predicted octanol–water partition coefficient (Wildman–Crippen LogP) is 1.56. The van der Waals surface area contributed by atoms with E-state index >= 15 is 0 Å². The Kier molecular flexibility index (Phi) is 4.19. The maximum absolute atomic E-state index is 5.83. The first-order valence-electron chi connectivity index (χ1n) is 5.20. The lowest BCUT2D eigenvalue weighted by Gasteiger charge is -2.36. The Bertz CT molecular complexity index is 185. The number of hydrogen-bond donors (Lipinski definition) is 1. The summed E-state index contributed by atoms with van der Waals surface area (Å²) in [6.45, 7) is 6.96. The molecular formula is C10H20ClNO2. The molecule has 2 unspecified atom stereocenters. The van der Waals surface area contributed by atoms with E-state index in [4.69, 9.17) is 9.47 Å². The minimum absolute atomic E-state index is 0. The van der Waals surface area contributed by atoms with Gasteiger partial charge in [-0.3, -0.25) is 5.32 Å². The molecule has 0 amide bonds. The largest absolute Gasteiger partial charge is 0.381 e. The van der Waals surface area contributed by atoms with Crippen LogP contribution in [0.3, 0.4) is 0 Å². The molecule has 84 valence electrons. The summed E-state index contributed by atoms with van der Waals surface area (Å²) in [7, 11) is 0. The van der Waals surface area contributed by atoms with Gasteiger partial charge in [-0.25, -0.2) is 0 Å². The Balaban J connectivity index is 0.000000980. The second-order valence-corrected chi connectivity index (χ2v) is 4.35. The van der Waals surface area contributed by atoms with Crippen LogP contribution in [0.4, 0.5) is 0 Å². The second kappa shape index (κ2) is 4.79. The molecule has 2 saturated heterocycles. The molecular weight excluding hydrogens is 202 g/mol. The van der Waals surface area contributed by atoms with Crippen molar-refractivity contribution in [2.24, 2.45) is 5.92 Å². The van der Waals surface area contributed by atoms with Crippen molar-refractivity contribution in [3.8, 4) is 0 Å². The molecule has 0 spiro atoms. The van der Waals surface area contributed by atoms with E-state index in [-0.39, 0.29) is 18.1 Å². The van der Waals surface area contributed by atoms with Gasteiger partial charge in [-0.1, -0.05) is 0 Å². The summed E-state index contributed by atoms with van der Waals surface area (Å²) in [5, 5.41) is 3.52. The fourth-order valence-corrected chi connectivity index (χ4v) is 2.35. The molecule has 0 aromatic heterocycles. The van der Waals surface area contributed by atoms with E-state index in [0.717, 1.165) is 32.7 Å². The average Bonchev–Trinajstić information content (AvgIpc) is 2.49. The fourth-order valence-electron chi connectivity index (χ4n) is 2.35. The predicted molar refractivity (Wildman–Crippen MR) is 57.7 cm³/mol. The van der Waals surface area contributed by atoms with Crippen molar-refractivity contribution in [2.75, 3.05) is 19.8 Å². The smallest absolute Gasteiger partial charge is 0.119 e. The highest BCUT2D eigenvalue weighted by Gasteiger charge is 2.41. The van der Waals surface area contributed by atoms with E-state index in [0.29, 0.717) is 12.0 Å². The molecule has 0 saturated carbocycles. The molecule has 4 heteroatoms. The maximum Gasteiger partial charge on any atom is 0.119 e. The lowest BCUT2D eigenvalue weighted by Crippen LogP contribution is -2.48. The van der Waals surface area contributed by atoms with Crippen LogP contribution in [0.2, 0.25) is 0 Å². The first-order valence-corrected chi connectivity index (χ1v) is 5.20. The van der Waals surface area contributed by atoms with E-state index in [1.807, 2.05) is 0 Å². The van der Waals surface area contributed by atoms with Crippen LogP contribution in [0, 0.1) is 5.92 Å². The van der Waals surface area contributed by atoms with Crippen molar-refractivity contribution in [3.63, 3.8) is 0 Å². The quantitative estimate of drug-likeness (QED) is 0.729. The molecule has 14 heavy (non-hydrogen) atoms. The van der Waals surface area contributed by atoms with E-state index in [2.05, 4.69) is 19.2 Å². The van der Waals surface area contributed by atoms with Crippen LogP contribution < -0.4 is 5.32 Å². The second-order valence-electron chi connectivity index (χ2n) is 4.35. The third-order valence-electron chi connectivity index (χ3n) is 3.17. The number of nitrogens with one attached hydrogen (secondary N) is 1. The third-order valence-corrected chi connectivity index (χ3v) is 3.17. The zero-order valence-corrected chi connectivity index (χ0v) is 9.73. The summed E-state index contributed by atoms with van der Waals surface area (Å²) in [5.74, 6) is 0.617. The van der Waals surface area contributed by atoms with Crippen molar-refractivity contribution in [3.05, 3.63) is 0 Å². The summed E-state index contributed by atoms with van der Waals surface area (Å²) in [6, 6.07) is 0.493. The molecule has 2 aliphatic heterocycles. The van der Waals surface area contributed by atoms with Crippen molar-refractivity contribution < 1.29 is 9.47 Å². The van der Waals surface area contributed by atoms with Crippen LogP contribution in [-0.2, 0) is 9.47 Å². The van der Waals surface area contributed by atoms with E-state index < -0.39 is 0 Å². The van der Waals surface area contributed by atoms with Gasteiger partial charge in [0, 0.05) is 25.2 Å². The average molecular weight is 222 g/mol. The van der Waals surface area contributed by atoms with Gasteiger partial charge in [0.05, 0.1) is 6.61 Å². The van der Waals surface area contributed by atoms with Gasteiger partial charge in [0.15, 0.2) is 0 Å². The highest BCUT2D eigenvalue weighted by molar-refractivity contribution is 5.85. The molecule has 1 N–H and O–H groups in total. The molecule has 2 aliphatic rings. The van der Waals surface area contributed by atoms with Crippen LogP contribution in [0.25, 0.3) is 0 Å². The van der Waals surface area contributed by atoms with Crippen molar-refractivity contribution in [2.45, 2.75) is 38.5 Å². The summed E-state index contributed by atoms with van der Waals surface area (Å²) in [6.07, 6.45) is 2.24. The Labute approximate surface area is 91.9 Å². The minimum atomic E-state index is -0.0941. The molecule has 3 nitrogen and oxygen atoms in total. The Morgan fingerprint density at radius 2 is 1.93 bits per heavy atom. The third kappa shape index (κ3) is 2.40. The summed E-state index contributed by atoms with van der Waals surface area (Å²) in [5.41, 5.74) is -0.0941. The Hall–Kier alpha value is 0.170. The van der Waals surface area contributed by atoms with Gasteiger partial charge in [0.1, 0.15) is 5.72 Å². The lowest BCUT2D eigenvalue weighted by atomic mass is 9.89. The van der Waals surface area contributed by atoms with Gasteiger partial charge in [-0.05, 0) is 26.7 Å². The molecule has 2 fully saturated rings. The molecule has 2 atom stereocenters. The topological polar surface area (TPSA) is 30.5 Å². The number of hydrogen-bond acceptors (Lipinski definition) is 3. The van der Waals surface area contributed by atoms with Crippen molar-refractivity contribution >= 4 is 12.4 Å². The standard InChI is InChI=1S/C10H19NO2.ClH/c1-8-7-13-10(2,11-8)9-3-5-12-6-4-9;/h8-9,11H,3-7H2,1-2H3;1H. The van der Waals surface area contributed by atoms with Crippen LogP contribution in [0.1, 0.15) is 26.7 Å². The van der Waals surface area contributed by atoms with Gasteiger partial charge in [0.25, 0.3) is 0 Å². The Morgan fingerprint density at radius 3 is 2.43 bits per heavy atom. The van der Waals surface area contributed by atoms with E-state index in [9.17, 15) is 0 Å². The van der Waals surface area contributed by atoms with Crippen LogP contribution in [-0.4, -0.2) is 31.6 Å². The highest BCUT2D eigenvalue weighted by atomic mass is 35.5. The van der Waals surface area contributed by atoms with Gasteiger partial charge in [-0.2, -0.15) is 0 Å². The van der Waals surface area contributed by atoms with Crippen LogP contribution >= 0.6 is 12.4 Å². The summed E-state index contributed by atoms with van der Waals surface area (Å²) in [4.78, 5) is 0. The summed E-state index contributed by atoms with van der Waals surface area (Å²) < 4.78 is 11.2. The Morgan fingerprint density at radius 1 is 1.29 bits per heavy atom. The van der Waals surface area contributed by atoms with E-state index in [1.54, 1.807) is 0 Å². The monoisotopic (exact) mass is 221 g/mol. The SMILES string of the molecule is CC1COC(C)(C2CCOCC2)N1.Cl. The first-order chi connectivity index (χ1) is 6.21. The van der Waals surface area contributed by atoms with Crippen LogP contribution in [0.5, 0.6) is 0 Å². The summed E-state index contributed by atoms with van der Waals surface area (Å²) >= 11 is 0. The highest BCUT2D eigenvalue weighted by Crippen LogP contribution is 2.31. The number of rotatable bonds is 1. The zero-order valence-electron chi connectivity index (χ0n) is 8.91. The van der Waals surface area contributed by atoms with Crippen molar-refractivity contribution in [1.82, 2.24) is 5.32 Å². The molecule has 2 rings (SSSR count). The zero-order chi connectivity index (χ0) is 9.31. The van der Waals surface area contributed by atoms with E-state index in [1.165, 1.54) is 0 Å². The van der Waals surface area contributed by atoms with Gasteiger partial charge >= 0.3 is 0 Å². The minimum Gasteiger partial charge on any atom is -0.381 e. The molecule has 2 heterocycles. The fraction of sp³-hybridized carbons (Fsp3) is 1.00. The van der Waals surface area contributed by atoms with Crippen molar-refractivity contribution in [1.29, 1.82) is 0 Å². The van der Waals surface area contributed by atoms with Gasteiger partial charge in [-0.15, -0.1) is 12.4 Å². The number of ether oxygens (including phenoxy) is 2. The molecule has 0 radical (unpaired) electrons. The van der Waals surface area contributed by atoms with Gasteiger partial charge in [0.2, 0.25) is 0 Å². The number of halogens is 1. The molecule has 0 aromatic carbocycles.